The van der Waals surface area contributed by atoms with Crippen LogP contribution >= 0.6 is 0 Å². The standard InChI is InChI=1S/C16H15NO5/c1-3-10-17-12(11-8-6-5-7-9-11)13(15(19)21-4-2)22-16(20)14(17)18/h3,5-9H,1,4,10H2,2H3. The van der Waals surface area contributed by atoms with E-state index in [2.05, 4.69) is 6.58 Å². The van der Waals surface area contributed by atoms with Crippen LogP contribution in [-0.2, 0) is 11.3 Å². The average Bonchev–Trinajstić information content (AvgIpc) is 2.52. The van der Waals surface area contributed by atoms with Crippen LogP contribution in [0.15, 0.2) is 57.0 Å². The molecule has 0 aliphatic heterocycles. The molecule has 1 aromatic heterocycles. The van der Waals surface area contributed by atoms with Crippen molar-refractivity contribution in [1.29, 1.82) is 0 Å². The molecule has 0 spiro atoms. The molecule has 0 aliphatic carbocycles. The molecule has 0 radical (unpaired) electrons. The number of nitrogens with zero attached hydrogens (tertiary/aromatic N) is 1. The monoisotopic (exact) mass is 301 g/mol. The lowest BCUT2D eigenvalue weighted by Gasteiger charge is -2.13. The molecule has 0 saturated carbocycles. The van der Waals surface area contributed by atoms with Crippen LogP contribution in [0.3, 0.4) is 0 Å². The third-order valence-corrected chi connectivity index (χ3v) is 2.92. The van der Waals surface area contributed by atoms with E-state index in [1.807, 2.05) is 0 Å². The maximum absolute atomic E-state index is 12.1. The van der Waals surface area contributed by atoms with Crippen molar-refractivity contribution in [1.82, 2.24) is 4.57 Å². The van der Waals surface area contributed by atoms with Crippen molar-refractivity contribution in [3.63, 3.8) is 0 Å². The quantitative estimate of drug-likeness (QED) is 0.478. The minimum absolute atomic E-state index is 0.0705. The maximum Gasteiger partial charge on any atom is 0.403 e. The van der Waals surface area contributed by atoms with Crippen LogP contribution < -0.4 is 11.2 Å². The van der Waals surface area contributed by atoms with Gasteiger partial charge in [-0.2, -0.15) is 0 Å². The molecule has 6 nitrogen and oxygen atoms in total. The second-order valence-electron chi connectivity index (χ2n) is 4.36. The topological polar surface area (TPSA) is 78.5 Å². The smallest absolute Gasteiger partial charge is 0.403 e. The Hall–Kier alpha value is -2.89. The van der Waals surface area contributed by atoms with Gasteiger partial charge in [0.25, 0.3) is 0 Å². The van der Waals surface area contributed by atoms with Crippen molar-refractivity contribution in [3.8, 4) is 11.3 Å². The van der Waals surface area contributed by atoms with Crippen LogP contribution in [0.25, 0.3) is 11.3 Å². The molecule has 0 unspecified atom stereocenters. The molecule has 0 amide bonds. The minimum atomic E-state index is -1.12. The third kappa shape index (κ3) is 2.90. The molecule has 0 fully saturated rings. The number of esters is 1. The predicted molar refractivity (Wildman–Crippen MR) is 80.8 cm³/mol. The average molecular weight is 301 g/mol. The van der Waals surface area contributed by atoms with E-state index in [0.29, 0.717) is 5.56 Å². The van der Waals surface area contributed by atoms with Gasteiger partial charge in [-0.25, -0.2) is 9.59 Å². The second kappa shape index (κ2) is 6.71. The number of rotatable bonds is 5. The zero-order chi connectivity index (χ0) is 16.1. The number of aromatic nitrogens is 1. The van der Waals surface area contributed by atoms with Gasteiger partial charge in [-0.3, -0.25) is 9.36 Å². The van der Waals surface area contributed by atoms with E-state index < -0.39 is 17.2 Å². The highest BCUT2D eigenvalue weighted by Gasteiger charge is 2.23. The Morgan fingerprint density at radius 2 is 2.00 bits per heavy atom. The fraction of sp³-hybridized carbons (Fsp3) is 0.188. The van der Waals surface area contributed by atoms with Crippen molar-refractivity contribution in [2.45, 2.75) is 13.5 Å². The molecular formula is C16H15NO5. The van der Waals surface area contributed by atoms with Gasteiger partial charge in [-0.1, -0.05) is 36.4 Å². The Balaban J connectivity index is 2.83. The van der Waals surface area contributed by atoms with Gasteiger partial charge in [0.15, 0.2) is 0 Å². The van der Waals surface area contributed by atoms with Crippen molar-refractivity contribution < 1.29 is 13.9 Å². The first-order chi connectivity index (χ1) is 10.6. The Kier molecular flexibility index (Phi) is 4.73. The third-order valence-electron chi connectivity index (χ3n) is 2.92. The van der Waals surface area contributed by atoms with Crippen LogP contribution in [-0.4, -0.2) is 17.1 Å². The first-order valence-corrected chi connectivity index (χ1v) is 6.71. The summed E-state index contributed by atoms with van der Waals surface area (Å²) in [6.07, 6.45) is 1.46. The molecule has 1 heterocycles. The molecule has 22 heavy (non-hydrogen) atoms. The molecule has 6 heteroatoms. The van der Waals surface area contributed by atoms with E-state index >= 15 is 0 Å². The van der Waals surface area contributed by atoms with Gasteiger partial charge >= 0.3 is 17.2 Å². The zero-order valence-electron chi connectivity index (χ0n) is 12.1. The van der Waals surface area contributed by atoms with Crippen LogP contribution in [0.1, 0.15) is 17.5 Å². The summed E-state index contributed by atoms with van der Waals surface area (Å²) in [7, 11) is 0. The Bertz CT molecular complexity index is 802. The summed E-state index contributed by atoms with van der Waals surface area (Å²) in [5.74, 6) is -1.09. The minimum Gasteiger partial charge on any atom is -0.460 e. The van der Waals surface area contributed by atoms with Crippen LogP contribution in [0, 0.1) is 0 Å². The number of hydrogen-bond acceptors (Lipinski definition) is 5. The first kappa shape index (κ1) is 15.5. The summed E-state index contributed by atoms with van der Waals surface area (Å²) in [5.41, 5.74) is -1.21. The number of carbonyl (C=O) groups is 1. The summed E-state index contributed by atoms with van der Waals surface area (Å²) < 4.78 is 11.0. The number of hydrogen-bond donors (Lipinski definition) is 0. The molecule has 1 aromatic carbocycles. The highest BCUT2D eigenvalue weighted by atomic mass is 16.5. The highest BCUT2D eigenvalue weighted by Crippen LogP contribution is 2.22. The fourth-order valence-corrected chi connectivity index (χ4v) is 2.04. The predicted octanol–water partition coefficient (Wildman–Crippen LogP) is 1.83. The first-order valence-electron chi connectivity index (χ1n) is 6.71. The molecule has 2 rings (SSSR count). The summed E-state index contributed by atoms with van der Waals surface area (Å²) in [6.45, 7) is 5.39. The molecule has 114 valence electrons. The van der Waals surface area contributed by atoms with Gasteiger partial charge < -0.3 is 9.15 Å². The largest absolute Gasteiger partial charge is 0.460 e. The Morgan fingerprint density at radius 3 is 2.59 bits per heavy atom. The van der Waals surface area contributed by atoms with Crippen molar-refractivity contribution in [3.05, 3.63) is 69.5 Å². The second-order valence-corrected chi connectivity index (χ2v) is 4.36. The van der Waals surface area contributed by atoms with E-state index in [0.717, 1.165) is 4.57 Å². The lowest BCUT2D eigenvalue weighted by atomic mass is 10.1. The fourth-order valence-electron chi connectivity index (χ4n) is 2.04. The maximum atomic E-state index is 12.1. The molecule has 0 atom stereocenters. The highest BCUT2D eigenvalue weighted by molar-refractivity contribution is 5.93. The van der Waals surface area contributed by atoms with E-state index in [1.54, 1.807) is 37.3 Å². The molecule has 0 N–H and O–H groups in total. The van der Waals surface area contributed by atoms with Gasteiger partial charge in [0.2, 0.25) is 5.76 Å². The molecule has 0 saturated heterocycles. The van der Waals surface area contributed by atoms with Crippen molar-refractivity contribution >= 4 is 5.97 Å². The van der Waals surface area contributed by atoms with Crippen molar-refractivity contribution in [2.24, 2.45) is 0 Å². The van der Waals surface area contributed by atoms with Crippen LogP contribution in [0.2, 0.25) is 0 Å². The summed E-state index contributed by atoms with van der Waals surface area (Å²) >= 11 is 0. The lowest BCUT2D eigenvalue weighted by Crippen LogP contribution is -2.36. The summed E-state index contributed by atoms with van der Waals surface area (Å²) in [5, 5.41) is 0. The molecule has 2 aromatic rings. The number of allylic oxidation sites excluding steroid dienone is 1. The van der Waals surface area contributed by atoms with Gasteiger partial charge in [0, 0.05) is 12.1 Å². The molecule has 0 aliphatic rings. The lowest BCUT2D eigenvalue weighted by molar-refractivity contribution is 0.0483. The van der Waals surface area contributed by atoms with E-state index in [4.69, 9.17) is 9.15 Å². The van der Waals surface area contributed by atoms with Gasteiger partial charge in [0.1, 0.15) is 5.69 Å². The van der Waals surface area contributed by atoms with E-state index in [9.17, 15) is 14.4 Å². The van der Waals surface area contributed by atoms with Crippen LogP contribution in [0.5, 0.6) is 0 Å². The zero-order valence-corrected chi connectivity index (χ0v) is 12.1. The Morgan fingerprint density at radius 1 is 1.32 bits per heavy atom. The summed E-state index contributed by atoms with van der Waals surface area (Å²) in [6, 6.07) is 8.70. The van der Waals surface area contributed by atoms with Gasteiger partial charge in [0.05, 0.1) is 6.61 Å². The van der Waals surface area contributed by atoms with Gasteiger partial charge in [-0.15, -0.1) is 6.58 Å². The van der Waals surface area contributed by atoms with E-state index in [1.165, 1.54) is 6.08 Å². The number of benzene rings is 1. The molecular weight excluding hydrogens is 286 g/mol. The van der Waals surface area contributed by atoms with Gasteiger partial charge in [-0.05, 0) is 6.92 Å². The number of ether oxygens (including phenoxy) is 1. The van der Waals surface area contributed by atoms with Crippen molar-refractivity contribution in [2.75, 3.05) is 6.61 Å². The SMILES string of the molecule is C=CCn1c(-c2ccccc2)c(C(=O)OCC)oc(=O)c1=O. The molecule has 0 bridgehead atoms. The normalized spacial score (nSPS) is 10.2. The van der Waals surface area contributed by atoms with E-state index in [-0.39, 0.29) is 24.6 Å². The van der Waals surface area contributed by atoms with Crippen LogP contribution in [0.4, 0.5) is 0 Å². The Labute approximate surface area is 126 Å². The summed E-state index contributed by atoms with van der Waals surface area (Å²) in [4.78, 5) is 35.8. The number of carbonyl (C=O) groups excluding carboxylic acids is 1.